The van der Waals surface area contributed by atoms with Gasteiger partial charge in [0, 0.05) is 0 Å². The first-order chi connectivity index (χ1) is 5.54. The average Bonchev–Trinajstić information content (AvgIpc) is 1.77. The van der Waals surface area contributed by atoms with Crippen LogP contribution in [0.15, 0.2) is 0 Å². The molecule has 0 fully saturated rings. The second-order valence-corrected chi connectivity index (χ2v) is 5.27. The maximum atomic E-state index is 10.9. The Kier molecular flexibility index (Phi) is 3.50. The number of aliphatic hydroxyl groups is 1. The first-order valence-corrected chi connectivity index (χ1v) is 4.49. The summed E-state index contributed by atoms with van der Waals surface area (Å²) in [6, 6.07) is 0. The van der Waals surface area contributed by atoms with Gasteiger partial charge in [0.2, 0.25) is 0 Å². The first kappa shape index (κ1) is 12.4. The second-order valence-electron chi connectivity index (χ2n) is 5.27. The Morgan fingerprint density at radius 3 is 1.69 bits per heavy atom. The summed E-state index contributed by atoms with van der Waals surface area (Å²) in [6.07, 6.45) is 0.284. The molecule has 0 saturated carbocycles. The van der Waals surface area contributed by atoms with Gasteiger partial charge in [-0.15, -0.1) is 0 Å². The molecule has 0 rings (SSSR count). The summed E-state index contributed by atoms with van der Waals surface area (Å²) in [7, 11) is 0. The number of hydrogen-bond acceptors (Lipinski definition) is 2. The molecule has 0 aromatic heterocycles. The first-order valence-electron chi connectivity index (χ1n) is 4.49. The molecule has 0 saturated heterocycles. The van der Waals surface area contributed by atoms with Crippen molar-refractivity contribution >= 4 is 5.97 Å². The highest BCUT2D eigenvalue weighted by Gasteiger charge is 2.35. The van der Waals surface area contributed by atoms with Crippen LogP contribution in [-0.4, -0.2) is 21.8 Å². The van der Waals surface area contributed by atoms with E-state index in [0.717, 1.165) is 0 Å². The minimum Gasteiger partial charge on any atom is -0.481 e. The molecule has 0 radical (unpaired) electrons. The lowest BCUT2D eigenvalue weighted by Crippen LogP contribution is -2.35. The Labute approximate surface area is 79.8 Å². The van der Waals surface area contributed by atoms with E-state index < -0.39 is 17.5 Å². The summed E-state index contributed by atoms with van der Waals surface area (Å²) in [4.78, 5) is 10.9. The fourth-order valence-electron chi connectivity index (χ4n) is 1.26. The van der Waals surface area contributed by atoms with Crippen LogP contribution in [0.3, 0.4) is 0 Å². The van der Waals surface area contributed by atoms with Crippen molar-refractivity contribution in [1.82, 2.24) is 0 Å². The van der Waals surface area contributed by atoms with Crippen molar-refractivity contribution in [3.63, 3.8) is 0 Å². The monoisotopic (exact) mass is 188 g/mol. The molecule has 1 unspecified atom stereocenters. The van der Waals surface area contributed by atoms with E-state index in [4.69, 9.17) is 5.11 Å². The third kappa shape index (κ3) is 4.88. The van der Waals surface area contributed by atoms with Gasteiger partial charge in [0.05, 0.1) is 11.5 Å². The van der Waals surface area contributed by atoms with E-state index in [1.54, 1.807) is 13.8 Å². The van der Waals surface area contributed by atoms with Gasteiger partial charge in [0.25, 0.3) is 0 Å². The van der Waals surface area contributed by atoms with E-state index in [9.17, 15) is 9.90 Å². The number of aliphatic carboxylic acids is 1. The molecule has 0 heterocycles. The Morgan fingerprint density at radius 1 is 1.23 bits per heavy atom. The summed E-state index contributed by atoms with van der Waals surface area (Å²) >= 11 is 0. The van der Waals surface area contributed by atoms with E-state index in [-0.39, 0.29) is 11.8 Å². The Morgan fingerprint density at radius 2 is 1.62 bits per heavy atom. The average molecular weight is 188 g/mol. The van der Waals surface area contributed by atoms with Crippen LogP contribution in [0.2, 0.25) is 0 Å². The number of rotatable bonds is 3. The van der Waals surface area contributed by atoms with Gasteiger partial charge in [-0.3, -0.25) is 4.79 Å². The van der Waals surface area contributed by atoms with Crippen molar-refractivity contribution in [3.05, 3.63) is 0 Å². The quantitative estimate of drug-likeness (QED) is 0.711. The smallest absolute Gasteiger partial charge is 0.307 e. The normalized spacial score (nSPS) is 15.5. The van der Waals surface area contributed by atoms with Crippen LogP contribution in [0, 0.1) is 11.3 Å². The molecule has 0 aliphatic carbocycles. The molecule has 3 heteroatoms. The van der Waals surface area contributed by atoms with E-state index in [0.29, 0.717) is 0 Å². The van der Waals surface area contributed by atoms with Crippen LogP contribution < -0.4 is 0 Å². The van der Waals surface area contributed by atoms with Gasteiger partial charge in [0.15, 0.2) is 0 Å². The topological polar surface area (TPSA) is 57.5 Å². The molecular weight excluding hydrogens is 168 g/mol. The lowest BCUT2D eigenvalue weighted by Gasteiger charge is -2.31. The van der Waals surface area contributed by atoms with Crippen LogP contribution in [0.5, 0.6) is 0 Å². The molecule has 13 heavy (non-hydrogen) atoms. The molecule has 0 aromatic rings. The third-order valence-corrected chi connectivity index (χ3v) is 2.05. The zero-order valence-electron chi connectivity index (χ0n) is 9.09. The van der Waals surface area contributed by atoms with Crippen molar-refractivity contribution < 1.29 is 15.0 Å². The van der Waals surface area contributed by atoms with Gasteiger partial charge in [-0.2, -0.15) is 0 Å². The van der Waals surface area contributed by atoms with Crippen molar-refractivity contribution in [1.29, 1.82) is 0 Å². The van der Waals surface area contributed by atoms with Crippen LogP contribution in [0.1, 0.15) is 41.0 Å². The van der Waals surface area contributed by atoms with Crippen molar-refractivity contribution in [2.24, 2.45) is 11.3 Å². The van der Waals surface area contributed by atoms with Crippen molar-refractivity contribution in [2.45, 2.75) is 46.6 Å². The highest BCUT2D eigenvalue weighted by atomic mass is 16.4. The van der Waals surface area contributed by atoms with Crippen molar-refractivity contribution in [2.75, 3.05) is 0 Å². The van der Waals surface area contributed by atoms with E-state index in [1.807, 2.05) is 20.8 Å². The van der Waals surface area contributed by atoms with Crippen LogP contribution in [0.4, 0.5) is 0 Å². The Hall–Kier alpha value is -0.570. The molecule has 0 spiro atoms. The standard InChI is InChI=1S/C10H20O3/c1-9(2,3)7(8(11)12)6-10(4,5)13/h7,13H,6H2,1-5H3,(H,11,12). The number of carbonyl (C=O) groups is 1. The van der Waals surface area contributed by atoms with Gasteiger partial charge < -0.3 is 10.2 Å². The maximum Gasteiger partial charge on any atom is 0.307 e. The Bertz CT molecular complexity index is 183. The number of carboxylic acid groups (broad SMARTS) is 1. The summed E-state index contributed by atoms with van der Waals surface area (Å²) in [6.45, 7) is 8.88. The molecule has 3 nitrogen and oxygen atoms in total. The molecule has 0 amide bonds. The SMILES string of the molecule is CC(C)(O)CC(C(=O)O)C(C)(C)C. The molecule has 2 N–H and O–H groups in total. The summed E-state index contributed by atoms with van der Waals surface area (Å²) in [5.41, 5.74) is -1.23. The van der Waals surface area contributed by atoms with E-state index in [2.05, 4.69) is 0 Å². The van der Waals surface area contributed by atoms with Gasteiger partial charge in [-0.1, -0.05) is 20.8 Å². The molecule has 78 valence electrons. The fourth-order valence-corrected chi connectivity index (χ4v) is 1.26. The highest BCUT2D eigenvalue weighted by Crippen LogP contribution is 2.32. The largest absolute Gasteiger partial charge is 0.481 e. The highest BCUT2D eigenvalue weighted by molar-refractivity contribution is 5.71. The van der Waals surface area contributed by atoms with Gasteiger partial charge in [0.1, 0.15) is 0 Å². The molecule has 1 atom stereocenters. The minimum absolute atomic E-state index is 0.284. The second kappa shape index (κ2) is 3.66. The Balaban J connectivity index is 4.56. The lowest BCUT2D eigenvalue weighted by atomic mass is 9.75. The summed E-state index contributed by atoms with van der Waals surface area (Å²) in [5, 5.41) is 18.5. The van der Waals surface area contributed by atoms with Crippen molar-refractivity contribution in [3.8, 4) is 0 Å². The molecule has 0 aromatic carbocycles. The van der Waals surface area contributed by atoms with Crippen LogP contribution in [0.25, 0.3) is 0 Å². The van der Waals surface area contributed by atoms with Gasteiger partial charge >= 0.3 is 5.97 Å². The number of hydrogen-bond donors (Lipinski definition) is 2. The summed E-state index contributed by atoms with van der Waals surface area (Å²) in [5.74, 6) is -1.35. The lowest BCUT2D eigenvalue weighted by molar-refractivity contribution is -0.148. The third-order valence-electron chi connectivity index (χ3n) is 2.05. The van der Waals surface area contributed by atoms with Gasteiger partial charge in [-0.25, -0.2) is 0 Å². The van der Waals surface area contributed by atoms with E-state index >= 15 is 0 Å². The molecular formula is C10H20O3. The number of carboxylic acids is 1. The zero-order chi connectivity index (χ0) is 10.9. The van der Waals surface area contributed by atoms with Crippen LogP contribution in [-0.2, 0) is 4.79 Å². The maximum absolute atomic E-state index is 10.9. The fraction of sp³-hybridized carbons (Fsp3) is 0.900. The molecule has 0 bridgehead atoms. The van der Waals surface area contributed by atoms with Crippen LogP contribution >= 0.6 is 0 Å². The van der Waals surface area contributed by atoms with E-state index in [1.165, 1.54) is 0 Å². The summed E-state index contributed by atoms with van der Waals surface area (Å²) < 4.78 is 0. The zero-order valence-corrected chi connectivity index (χ0v) is 9.09. The predicted octanol–water partition coefficient (Wildman–Crippen LogP) is 1.89. The van der Waals surface area contributed by atoms with Gasteiger partial charge in [-0.05, 0) is 25.7 Å². The minimum atomic E-state index is -0.920. The molecule has 0 aliphatic rings. The molecule has 0 aliphatic heterocycles. The predicted molar refractivity (Wildman–Crippen MR) is 51.5 cm³/mol.